The van der Waals surface area contributed by atoms with Crippen molar-refractivity contribution in [2.75, 3.05) is 5.73 Å². The molecule has 0 aliphatic rings. The van der Waals surface area contributed by atoms with Gasteiger partial charge in [-0.1, -0.05) is 12.1 Å². The van der Waals surface area contributed by atoms with Crippen LogP contribution in [0.1, 0.15) is 23.0 Å². The molecule has 2 aromatic rings. The SMILES string of the molecule is CC(Cc1ccc(F)cc1)NC(=O)c1csc(N)n1. The van der Waals surface area contributed by atoms with Crippen molar-refractivity contribution in [3.63, 3.8) is 0 Å². The maximum absolute atomic E-state index is 12.8. The Bertz CT molecular complexity index is 568. The summed E-state index contributed by atoms with van der Waals surface area (Å²) in [4.78, 5) is 15.7. The number of hydrogen-bond donors (Lipinski definition) is 2. The number of nitrogens with two attached hydrogens (primary N) is 1. The van der Waals surface area contributed by atoms with Crippen LogP contribution in [0, 0.1) is 5.82 Å². The van der Waals surface area contributed by atoms with Crippen molar-refractivity contribution >= 4 is 22.4 Å². The van der Waals surface area contributed by atoms with Crippen molar-refractivity contribution in [1.82, 2.24) is 10.3 Å². The summed E-state index contributed by atoms with van der Waals surface area (Å²) in [6.45, 7) is 1.89. The Morgan fingerprint density at radius 1 is 1.47 bits per heavy atom. The van der Waals surface area contributed by atoms with Crippen LogP contribution in [0.15, 0.2) is 29.6 Å². The summed E-state index contributed by atoms with van der Waals surface area (Å²) in [6, 6.07) is 6.16. The Balaban J connectivity index is 1.92. The van der Waals surface area contributed by atoms with Crippen molar-refractivity contribution in [3.05, 3.63) is 46.7 Å². The van der Waals surface area contributed by atoms with Crippen LogP contribution in [0.2, 0.25) is 0 Å². The molecule has 1 unspecified atom stereocenters. The minimum Gasteiger partial charge on any atom is -0.375 e. The lowest BCUT2D eigenvalue weighted by molar-refractivity contribution is 0.0936. The molecule has 0 saturated heterocycles. The number of aromatic nitrogens is 1. The van der Waals surface area contributed by atoms with E-state index < -0.39 is 0 Å². The number of carbonyl (C=O) groups excluding carboxylic acids is 1. The van der Waals surface area contributed by atoms with Gasteiger partial charge in [0.15, 0.2) is 5.13 Å². The molecule has 1 aromatic carbocycles. The quantitative estimate of drug-likeness (QED) is 0.901. The summed E-state index contributed by atoms with van der Waals surface area (Å²) in [5, 5.41) is 4.82. The molecule has 6 heteroatoms. The molecular formula is C13H14FN3OS. The van der Waals surface area contributed by atoms with Crippen LogP contribution in [0.3, 0.4) is 0 Å². The van der Waals surface area contributed by atoms with Gasteiger partial charge in [0.2, 0.25) is 0 Å². The van der Waals surface area contributed by atoms with Gasteiger partial charge in [-0.2, -0.15) is 0 Å². The predicted octanol–water partition coefficient (Wildman–Crippen LogP) is 2.23. The van der Waals surface area contributed by atoms with Gasteiger partial charge in [0, 0.05) is 11.4 Å². The highest BCUT2D eigenvalue weighted by Gasteiger charge is 2.13. The van der Waals surface area contributed by atoms with Gasteiger partial charge in [-0.15, -0.1) is 11.3 Å². The number of nitrogens with one attached hydrogen (secondary N) is 1. The van der Waals surface area contributed by atoms with E-state index in [0.29, 0.717) is 17.2 Å². The second-order valence-electron chi connectivity index (χ2n) is 4.28. The lowest BCUT2D eigenvalue weighted by atomic mass is 10.1. The van der Waals surface area contributed by atoms with Crippen LogP contribution in [-0.4, -0.2) is 16.9 Å². The summed E-state index contributed by atoms with van der Waals surface area (Å²) in [5.74, 6) is -0.513. The molecule has 1 amide bonds. The van der Waals surface area contributed by atoms with E-state index in [1.165, 1.54) is 23.5 Å². The Labute approximate surface area is 114 Å². The Kier molecular flexibility index (Phi) is 4.11. The van der Waals surface area contributed by atoms with E-state index in [-0.39, 0.29) is 17.8 Å². The Hall–Kier alpha value is -1.95. The molecule has 0 spiro atoms. The van der Waals surface area contributed by atoms with Crippen LogP contribution in [-0.2, 0) is 6.42 Å². The molecule has 19 heavy (non-hydrogen) atoms. The van der Waals surface area contributed by atoms with Crippen molar-refractivity contribution in [1.29, 1.82) is 0 Å². The first-order valence-corrected chi connectivity index (χ1v) is 6.69. The molecule has 0 aliphatic heterocycles. The van der Waals surface area contributed by atoms with Crippen LogP contribution in [0.5, 0.6) is 0 Å². The molecule has 2 rings (SSSR count). The van der Waals surface area contributed by atoms with Gasteiger partial charge in [0.1, 0.15) is 11.5 Å². The fourth-order valence-electron chi connectivity index (χ4n) is 1.71. The van der Waals surface area contributed by atoms with Gasteiger partial charge >= 0.3 is 0 Å². The molecular weight excluding hydrogens is 265 g/mol. The van der Waals surface area contributed by atoms with Crippen LogP contribution < -0.4 is 11.1 Å². The molecule has 0 fully saturated rings. The highest BCUT2D eigenvalue weighted by molar-refractivity contribution is 7.13. The van der Waals surface area contributed by atoms with Crippen LogP contribution in [0.4, 0.5) is 9.52 Å². The van der Waals surface area contributed by atoms with Gasteiger partial charge in [-0.3, -0.25) is 4.79 Å². The number of thiazole rings is 1. The summed E-state index contributed by atoms with van der Waals surface area (Å²) >= 11 is 1.23. The van der Waals surface area contributed by atoms with Crippen molar-refractivity contribution in [2.24, 2.45) is 0 Å². The molecule has 1 heterocycles. The lowest BCUT2D eigenvalue weighted by Gasteiger charge is -2.13. The number of hydrogen-bond acceptors (Lipinski definition) is 4. The van der Waals surface area contributed by atoms with E-state index in [0.717, 1.165) is 5.56 Å². The number of carbonyl (C=O) groups is 1. The van der Waals surface area contributed by atoms with Gasteiger partial charge in [-0.05, 0) is 31.0 Å². The zero-order chi connectivity index (χ0) is 13.8. The number of nitrogens with zero attached hydrogens (tertiary/aromatic N) is 1. The third-order valence-corrected chi connectivity index (χ3v) is 3.26. The van der Waals surface area contributed by atoms with Gasteiger partial charge in [0.25, 0.3) is 5.91 Å². The molecule has 100 valence electrons. The van der Waals surface area contributed by atoms with Gasteiger partial charge in [-0.25, -0.2) is 9.37 Å². The zero-order valence-electron chi connectivity index (χ0n) is 10.4. The number of benzene rings is 1. The second-order valence-corrected chi connectivity index (χ2v) is 5.17. The third-order valence-electron chi connectivity index (χ3n) is 2.59. The number of amides is 1. The average molecular weight is 279 g/mol. The largest absolute Gasteiger partial charge is 0.375 e. The second kappa shape index (κ2) is 5.79. The first-order chi connectivity index (χ1) is 9.04. The molecule has 0 saturated carbocycles. The fourth-order valence-corrected chi connectivity index (χ4v) is 2.26. The van der Waals surface area contributed by atoms with Crippen LogP contribution in [0.25, 0.3) is 0 Å². The molecule has 1 aromatic heterocycles. The summed E-state index contributed by atoms with van der Waals surface area (Å²) in [6.07, 6.45) is 0.631. The molecule has 0 bridgehead atoms. The van der Waals surface area contributed by atoms with E-state index in [9.17, 15) is 9.18 Å². The highest BCUT2D eigenvalue weighted by Crippen LogP contribution is 2.11. The van der Waals surface area contributed by atoms with Gasteiger partial charge < -0.3 is 11.1 Å². The molecule has 0 radical (unpaired) electrons. The van der Waals surface area contributed by atoms with Gasteiger partial charge in [0.05, 0.1) is 0 Å². The van der Waals surface area contributed by atoms with Crippen molar-refractivity contribution in [2.45, 2.75) is 19.4 Å². The first-order valence-electron chi connectivity index (χ1n) is 5.81. The summed E-state index contributed by atoms with van der Waals surface area (Å²) in [7, 11) is 0. The number of rotatable bonds is 4. The highest BCUT2D eigenvalue weighted by atomic mass is 32.1. The third kappa shape index (κ3) is 3.75. The number of halogens is 1. The van der Waals surface area contributed by atoms with E-state index in [4.69, 9.17) is 5.73 Å². The fraction of sp³-hybridized carbons (Fsp3) is 0.231. The first kappa shape index (κ1) is 13.5. The molecule has 0 aliphatic carbocycles. The predicted molar refractivity (Wildman–Crippen MR) is 73.6 cm³/mol. The summed E-state index contributed by atoms with van der Waals surface area (Å²) < 4.78 is 12.8. The van der Waals surface area contributed by atoms with Crippen LogP contribution >= 0.6 is 11.3 Å². The van der Waals surface area contributed by atoms with Crippen molar-refractivity contribution < 1.29 is 9.18 Å². The smallest absolute Gasteiger partial charge is 0.271 e. The molecule has 4 nitrogen and oxygen atoms in total. The van der Waals surface area contributed by atoms with E-state index in [2.05, 4.69) is 10.3 Å². The normalized spacial score (nSPS) is 12.1. The zero-order valence-corrected chi connectivity index (χ0v) is 11.2. The minimum atomic E-state index is -0.265. The maximum Gasteiger partial charge on any atom is 0.271 e. The Morgan fingerprint density at radius 2 is 2.16 bits per heavy atom. The monoisotopic (exact) mass is 279 g/mol. The van der Waals surface area contributed by atoms with E-state index >= 15 is 0 Å². The average Bonchev–Trinajstić information content (AvgIpc) is 2.79. The Morgan fingerprint density at radius 3 is 2.74 bits per heavy atom. The maximum atomic E-state index is 12.8. The molecule has 1 atom stereocenters. The molecule has 3 N–H and O–H groups in total. The summed E-state index contributed by atoms with van der Waals surface area (Å²) in [5.41, 5.74) is 6.77. The lowest BCUT2D eigenvalue weighted by Crippen LogP contribution is -2.34. The van der Waals surface area contributed by atoms with Crippen molar-refractivity contribution in [3.8, 4) is 0 Å². The standard InChI is InChI=1S/C13H14FN3OS/c1-8(6-9-2-4-10(14)5-3-9)16-12(18)11-7-19-13(15)17-11/h2-5,7-8H,6H2,1H3,(H2,15,17)(H,16,18). The topological polar surface area (TPSA) is 68.0 Å². The number of nitrogen functional groups attached to an aromatic ring is 1. The minimum absolute atomic E-state index is 0.0686. The van der Waals surface area contributed by atoms with E-state index in [1.54, 1.807) is 17.5 Å². The number of anilines is 1. The van der Waals surface area contributed by atoms with E-state index in [1.807, 2.05) is 6.92 Å².